The van der Waals surface area contributed by atoms with Gasteiger partial charge in [-0.05, 0) is 69.3 Å². The number of carbonyl (C=O) groups is 2. The number of nitrogens with zero attached hydrogens (tertiary/aromatic N) is 2. The van der Waals surface area contributed by atoms with Gasteiger partial charge in [-0.3, -0.25) is 9.59 Å². The van der Waals surface area contributed by atoms with Gasteiger partial charge in [0.05, 0.1) is 5.37 Å². The Balaban J connectivity index is 1.59. The van der Waals surface area contributed by atoms with Gasteiger partial charge >= 0.3 is 0 Å². The van der Waals surface area contributed by atoms with E-state index in [-0.39, 0.29) is 17.2 Å². The first-order chi connectivity index (χ1) is 14.9. The Bertz CT molecular complexity index is 743. The molecule has 3 unspecified atom stereocenters. The third-order valence-corrected chi connectivity index (χ3v) is 7.82. The maximum absolute atomic E-state index is 13.3. The number of thioether (sulfide) groups is 1. The first-order valence-electron chi connectivity index (χ1n) is 11.6. The van der Waals surface area contributed by atoms with Crippen molar-refractivity contribution in [2.24, 2.45) is 5.92 Å². The van der Waals surface area contributed by atoms with E-state index in [2.05, 4.69) is 31.0 Å². The molecule has 0 aromatic heterocycles. The van der Waals surface area contributed by atoms with Crippen LogP contribution in [-0.2, 0) is 4.79 Å². The van der Waals surface area contributed by atoms with E-state index in [4.69, 9.17) is 11.6 Å². The summed E-state index contributed by atoms with van der Waals surface area (Å²) in [5, 5.41) is 3.73. The van der Waals surface area contributed by atoms with Crippen LogP contribution in [0.2, 0.25) is 5.02 Å². The van der Waals surface area contributed by atoms with Crippen molar-refractivity contribution >= 4 is 35.2 Å². The van der Waals surface area contributed by atoms with Gasteiger partial charge < -0.3 is 15.1 Å². The zero-order chi connectivity index (χ0) is 22.4. The second-order valence-electron chi connectivity index (χ2n) is 9.18. The molecule has 5 nitrogen and oxygen atoms in total. The van der Waals surface area contributed by atoms with Gasteiger partial charge in [-0.1, -0.05) is 31.9 Å². The van der Waals surface area contributed by atoms with Crippen molar-refractivity contribution in [2.75, 3.05) is 25.4 Å². The summed E-state index contributed by atoms with van der Waals surface area (Å²) < 4.78 is 0. The standard InChI is InChI=1S/C24H36ClN3O2S/c1-17(2)15-22-28(24(30)19-8-10-20(25)11-9-19)21(16-31-22)23(29)26-12-6-14-27-13-5-4-7-18(27)3/h8-11,17-18,21-22H,4-7,12-16H2,1-3H3,(H,26,29). The second kappa shape index (κ2) is 11.6. The van der Waals surface area contributed by atoms with Gasteiger partial charge in [0.1, 0.15) is 6.04 Å². The predicted molar refractivity (Wildman–Crippen MR) is 130 cm³/mol. The molecule has 3 rings (SSSR count). The van der Waals surface area contributed by atoms with Crippen LogP contribution in [0.5, 0.6) is 0 Å². The van der Waals surface area contributed by atoms with Gasteiger partial charge in [-0.15, -0.1) is 11.8 Å². The normalized spacial score (nSPS) is 24.5. The second-order valence-corrected chi connectivity index (χ2v) is 10.8. The monoisotopic (exact) mass is 465 g/mol. The summed E-state index contributed by atoms with van der Waals surface area (Å²) >= 11 is 7.71. The van der Waals surface area contributed by atoms with Crippen molar-refractivity contribution in [3.8, 4) is 0 Å². The summed E-state index contributed by atoms with van der Waals surface area (Å²) in [5.41, 5.74) is 0.581. The maximum Gasteiger partial charge on any atom is 0.255 e. The highest BCUT2D eigenvalue weighted by atomic mass is 35.5. The molecule has 0 aliphatic carbocycles. The molecule has 1 aromatic rings. The largest absolute Gasteiger partial charge is 0.354 e. The van der Waals surface area contributed by atoms with Gasteiger partial charge in [0.2, 0.25) is 5.91 Å². The van der Waals surface area contributed by atoms with E-state index in [1.54, 1.807) is 40.9 Å². The van der Waals surface area contributed by atoms with E-state index in [0.717, 1.165) is 25.9 Å². The number of rotatable bonds is 8. The Kier molecular flexibility index (Phi) is 9.11. The molecular weight excluding hydrogens is 430 g/mol. The molecule has 1 N–H and O–H groups in total. The van der Waals surface area contributed by atoms with Crippen LogP contribution in [0.3, 0.4) is 0 Å². The number of carbonyl (C=O) groups excluding carboxylic acids is 2. The molecule has 0 radical (unpaired) electrons. The predicted octanol–water partition coefficient (Wildman–Crippen LogP) is 4.65. The first kappa shape index (κ1) is 24.4. The Hall–Kier alpha value is -1.24. The number of benzene rings is 1. The number of piperidine rings is 1. The van der Waals surface area contributed by atoms with Crippen molar-refractivity contribution in [2.45, 2.75) is 70.3 Å². The molecule has 2 amide bonds. The highest BCUT2D eigenvalue weighted by Gasteiger charge is 2.41. The third-order valence-electron chi connectivity index (χ3n) is 6.26. The lowest BCUT2D eigenvalue weighted by atomic mass is 10.0. The molecule has 0 spiro atoms. The topological polar surface area (TPSA) is 52.7 Å². The van der Waals surface area contributed by atoms with Gasteiger partial charge in [0, 0.05) is 35.5 Å². The number of nitrogens with one attached hydrogen (secondary N) is 1. The van der Waals surface area contributed by atoms with Crippen LogP contribution >= 0.6 is 23.4 Å². The van der Waals surface area contributed by atoms with E-state index in [1.807, 2.05) is 0 Å². The fourth-order valence-electron chi connectivity index (χ4n) is 4.47. The molecule has 7 heteroatoms. The van der Waals surface area contributed by atoms with Crippen molar-refractivity contribution in [1.82, 2.24) is 15.1 Å². The number of amides is 2. The molecule has 3 atom stereocenters. The van der Waals surface area contributed by atoms with Crippen LogP contribution in [0.1, 0.15) is 63.2 Å². The van der Waals surface area contributed by atoms with Gasteiger partial charge in [-0.25, -0.2) is 0 Å². The van der Waals surface area contributed by atoms with Gasteiger partial charge in [-0.2, -0.15) is 0 Å². The van der Waals surface area contributed by atoms with E-state index in [0.29, 0.717) is 34.8 Å². The van der Waals surface area contributed by atoms with Crippen LogP contribution in [-0.4, -0.2) is 64.5 Å². The number of halogens is 1. The molecular formula is C24H36ClN3O2S. The minimum Gasteiger partial charge on any atom is -0.354 e. The van der Waals surface area contributed by atoms with Gasteiger partial charge in [0.15, 0.2) is 0 Å². The SMILES string of the molecule is CC(C)CC1SCC(C(=O)NCCCN2CCCCC2C)N1C(=O)c1ccc(Cl)cc1. The summed E-state index contributed by atoms with van der Waals surface area (Å²) in [6.45, 7) is 9.43. The highest BCUT2D eigenvalue weighted by Crippen LogP contribution is 2.35. The molecule has 2 aliphatic heterocycles. The Morgan fingerprint density at radius 1 is 1.23 bits per heavy atom. The smallest absolute Gasteiger partial charge is 0.255 e. The molecule has 31 heavy (non-hydrogen) atoms. The third kappa shape index (κ3) is 6.62. The Morgan fingerprint density at radius 3 is 2.65 bits per heavy atom. The van der Waals surface area contributed by atoms with E-state index >= 15 is 0 Å². The summed E-state index contributed by atoms with van der Waals surface area (Å²) in [4.78, 5) is 30.7. The van der Waals surface area contributed by atoms with E-state index in [9.17, 15) is 9.59 Å². The van der Waals surface area contributed by atoms with Crippen molar-refractivity contribution < 1.29 is 9.59 Å². The molecule has 2 heterocycles. The van der Waals surface area contributed by atoms with Crippen molar-refractivity contribution in [3.05, 3.63) is 34.9 Å². The zero-order valence-corrected chi connectivity index (χ0v) is 20.6. The van der Waals surface area contributed by atoms with Crippen LogP contribution in [0.25, 0.3) is 0 Å². The van der Waals surface area contributed by atoms with E-state index in [1.165, 1.54) is 19.3 Å². The lowest BCUT2D eigenvalue weighted by molar-refractivity contribution is -0.124. The van der Waals surface area contributed by atoms with Gasteiger partial charge in [0.25, 0.3) is 5.91 Å². The summed E-state index contributed by atoms with van der Waals surface area (Å²) in [6.07, 6.45) is 5.68. The average molecular weight is 466 g/mol. The van der Waals surface area contributed by atoms with E-state index < -0.39 is 6.04 Å². The fraction of sp³-hybridized carbons (Fsp3) is 0.667. The first-order valence-corrected chi connectivity index (χ1v) is 13.0. The minimum absolute atomic E-state index is 0.0214. The number of hydrogen-bond donors (Lipinski definition) is 1. The van der Waals surface area contributed by atoms with Crippen LogP contribution in [0, 0.1) is 5.92 Å². The lowest BCUT2D eigenvalue weighted by Gasteiger charge is -2.33. The zero-order valence-electron chi connectivity index (χ0n) is 19.0. The maximum atomic E-state index is 13.3. The van der Waals surface area contributed by atoms with Crippen LogP contribution < -0.4 is 5.32 Å². The summed E-state index contributed by atoms with van der Waals surface area (Å²) in [5.74, 6) is 0.972. The Morgan fingerprint density at radius 2 is 1.97 bits per heavy atom. The fourth-order valence-corrected chi connectivity index (χ4v) is 6.23. The molecule has 0 saturated carbocycles. The molecule has 1 aromatic carbocycles. The quantitative estimate of drug-likeness (QED) is 0.568. The lowest BCUT2D eigenvalue weighted by Crippen LogP contribution is -2.50. The van der Waals surface area contributed by atoms with Crippen LogP contribution in [0.15, 0.2) is 24.3 Å². The average Bonchev–Trinajstić information content (AvgIpc) is 3.15. The molecule has 2 fully saturated rings. The number of hydrogen-bond acceptors (Lipinski definition) is 4. The van der Waals surface area contributed by atoms with Crippen LogP contribution in [0.4, 0.5) is 0 Å². The van der Waals surface area contributed by atoms with Crippen molar-refractivity contribution in [3.63, 3.8) is 0 Å². The minimum atomic E-state index is -0.425. The van der Waals surface area contributed by atoms with Crippen molar-refractivity contribution in [1.29, 1.82) is 0 Å². The Labute approximate surface area is 196 Å². The molecule has 2 aliphatic rings. The molecule has 172 valence electrons. The number of likely N-dealkylation sites (tertiary alicyclic amines) is 1. The summed E-state index contributed by atoms with van der Waals surface area (Å²) in [7, 11) is 0. The summed E-state index contributed by atoms with van der Waals surface area (Å²) in [6, 6.07) is 7.16. The highest BCUT2D eigenvalue weighted by molar-refractivity contribution is 8.00. The molecule has 0 bridgehead atoms. The molecule has 2 saturated heterocycles.